The van der Waals surface area contributed by atoms with Crippen LogP contribution in [-0.2, 0) is 42.2 Å². The van der Waals surface area contributed by atoms with E-state index in [1.54, 1.807) is 31.4 Å². The Hall–Kier alpha value is -0.116. The van der Waals surface area contributed by atoms with Crippen LogP contribution >= 0.6 is 22.6 Å². The summed E-state index contributed by atoms with van der Waals surface area (Å²) in [5, 5.41) is 0. The van der Waals surface area contributed by atoms with E-state index in [9.17, 15) is 13.6 Å². The van der Waals surface area contributed by atoms with Gasteiger partial charge in [-0.3, -0.25) is 4.79 Å². The van der Waals surface area contributed by atoms with E-state index >= 15 is 0 Å². The zero-order valence-corrected chi connectivity index (χ0v) is 18.2. The van der Waals surface area contributed by atoms with E-state index in [1.165, 1.54) is 0 Å². The van der Waals surface area contributed by atoms with E-state index in [4.69, 9.17) is 9.47 Å². The summed E-state index contributed by atoms with van der Waals surface area (Å²) >= 11 is 1.95. The van der Waals surface area contributed by atoms with Crippen LogP contribution in [0.1, 0.15) is 12.0 Å². The number of ether oxygens (including phenoxy) is 2. The monoisotopic (exact) mass is 525 g/mol. The van der Waals surface area contributed by atoms with Crippen LogP contribution in [0.25, 0.3) is 5.70 Å². The molecule has 1 unspecified atom stereocenters. The summed E-state index contributed by atoms with van der Waals surface area (Å²) in [5.41, 5.74) is 1.08. The summed E-state index contributed by atoms with van der Waals surface area (Å²) in [7, 11) is 1.59. The Balaban J connectivity index is 0.00000288. The van der Waals surface area contributed by atoms with Gasteiger partial charge >= 0.3 is 0 Å². The number of amides is 1. The van der Waals surface area contributed by atoms with Gasteiger partial charge in [0, 0.05) is 39.8 Å². The Morgan fingerprint density at radius 3 is 2.58 bits per heavy atom. The van der Waals surface area contributed by atoms with Crippen LogP contribution < -0.4 is 4.74 Å². The molecule has 0 saturated carbocycles. The predicted octanol–water partition coefficient (Wildman–Crippen LogP) is 3.15. The van der Waals surface area contributed by atoms with Crippen molar-refractivity contribution in [1.82, 2.24) is 4.90 Å². The van der Waals surface area contributed by atoms with Crippen molar-refractivity contribution in [1.29, 1.82) is 0 Å². The van der Waals surface area contributed by atoms with Gasteiger partial charge in [0.15, 0.2) is 0 Å². The maximum absolute atomic E-state index is 12.8. The molecular weight excluding hydrogens is 508 g/mol. The average molecular weight is 525 g/mol. The largest absolute Gasteiger partial charge is 0.491 e. The molecule has 1 aliphatic heterocycles. The van der Waals surface area contributed by atoms with Gasteiger partial charge in [-0.1, -0.05) is 29.0 Å². The number of alkyl halides is 3. The molecule has 0 aliphatic carbocycles. The second-order valence-electron chi connectivity index (χ2n) is 4.90. The molecule has 8 heteroatoms. The SMILES string of the molecule is COCCOc1ccc(C2=[C-]CC(I)C(=O)N2CC(F)F)cc1.[Y]. The van der Waals surface area contributed by atoms with Gasteiger partial charge in [0.1, 0.15) is 12.4 Å². The van der Waals surface area contributed by atoms with E-state index in [2.05, 4.69) is 6.08 Å². The predicted molar refractivity (Wildman–Crippen MR) is 90.6 cm³/mol. The normalized spacial score (nSPS) is 17.5. The molecule has 1 aliphatic rings. The summed E-state index contributed by atoms with van der Waals surface area (Å²) < 4.78 is 35.6. The molecule has 2 rings (SSSR count). The van der Waals surface area contributed by atoms with Gasteiger partial charge in [0.2, 0.25) is 5.91 Å². The number of carbonyl (C=O) groups is 1. The first kappa shape index (κ1) is 21.9. The molecule has 1 aromatic rings. The molecule has 1 atom stereocenters. The fraction of sp³-hybridized carbons (Fsp3) is 0.438. The van der Waals surface area contributed by atoms with Crippen molar-refractivity contribution in [3.63, 3.8) is 0 Å². The smallest absolute Gasteiger partial charge is 0.256 e. The number of hydrogen-bond donors (Lipinski definition) is 0. The van der Waals surface area contributed by atoms with Crippen molar-refractivity contribution in [2.24, 2.45) is 0 Å². The molecular formula is C16H17F2INO3Y-. The first-order chi connectivity index (χ1) is 11.0. The van der Waals surface area contributed by atoms with E-state index in [0.717, 1.165) is 4.90 Å². The number of methoxy groups -OCH3 is 1. The van der Waals surface area contributed by atoms with Crippen LogP contribution in [0.5, 0.6) is 5.75 Å². The molecule has 0 N–H and O–H groups in total. The number of carbonyl (C=O) groups excluding carboxylic acids is 1. The first-order valence-corrected chi connectivity index (χ1v) is 8.34. The number of allylic oxidation sites excluding steroid dienone is 1. The molecule has 0 fully saturated rings. The molecule has 0 bridgehead atoms. The number of nitrogens with zero attached hydrogens (tertiary/aromatic N) is 1. The van der Waals surface area contributed by atoms with Crippen LogP contribution in [0.4, 0.5) is 8.78 Å². The van der Waals surface area contributed by atoms with Crippen molar-refractivity contribution in [2.45, 2.75) is 16.8 Å². The van der Waals surface area contributed by atoms with E-state index in [-0.39, 0.29) is 42.5 Å². The van der Waals surface area contributed by atoms with Crippen LogP contribution in [-0.4, -0.2) is 48.0 Å². The molecule has 1 radical (unpaired) electrons. The van der Waals surface area contributed by atoms with Gasteiger partial charge in [-0.15, -0.1) is 17.8 Å². The number of halogens is 3. The number of rotatable bonds is 7. The van der Waals surface area contributed by atoms with E-state index in [1.807, 2.05) is 22.6 Å². The first-order valence-electron chi connectivity index (χ1n) is 7.09. The zero-order valence-electron chi connectivity index (χ0n) is 13.2. The molecule has 129 valence electrons. The molecule has 1 heterocycles. The fourth-order valence-corrected chi connectivity index (χ4v) is 2.73. The van der Waals surface area contributed by atoms with Gasteiger partial charge < -0.3 is 14.4 Å². The molecule has 1 aromatic carbocycles. The van der Waals surface area contributed by atoms with E-state index in [0.29, 0.717) is 36.6 Å². The third kappa shape index (κ3) is 6.00. The summed E-state index contributed by atoms with van der Waals surface area (Å²) in [6.45, 7) is 0.290. The summed E-state index contributed by atoms with van der Waals surface area (Å²) in [5.74, 6) is 0.348. The minimum Gasteiger partial charge on any atom is -0.491 e. The minimum atomic E-state index is -2.59. The Bertz CT molecular complexity index is 569. The Morgan fingerprint density at radius 1 is 1.33 bits per heavy atom. The van der Waals surface area contributed by atoms with Gasteiger partial charge in [-0.25, -0.2) is 14.9 Å². The topological polar surface area (TPSA) is 38.8 Å². The van der Waals surface area contributed by atoms with Crippen molar-refractivity contribution < 1.29 is 55.8 Å². The Labute approximate surface area is 179 Å². The van der Waals surface area contributed by atoms with Gasteiger partial charge in [-0.05, 0) is 12.1 Å². The standard InChI is InChI=1S/C16H17F2INO3.Y/c1-22-8-9-23-12-4-2-11(3-5-12)14-7-6-13(19)16(21)20(14)10-15(17)18;/h2-5,13,15H,6,8-10H2,1H3;/q-1;. The Kier molecular flexibility index (Phi) is 9.85. The zero-order chi connectivity index (χ0) is 16.8. The summed E-state index contributed by atoms with van der Waals surface area (Å²) in [4.78, 5) is 13.3. The van der Waals surface area contributed by atoms with Gasteiger partial charge in [0.05, 0.1) is 17.1 Å². The van der Waals surface area contributed by atoms with Crippen LogP contribution in [0.3, 0.4) is 0 Å². The van der Waals surface area contributed by atoms with Crippen molar-refractivity contribution in [3.05, 3.63) is 35.9 Å². The van der Waals surface area contributed by atoms with Crippen molar-refractivity contribution in [2.75, 3.05) is 26.9 Å². The van der Waals surface area contributed by atoms with Crippen LogP contribution in [0, 0.1) is 6.08 Å². The third-order valence-corrected chi connectivity index (χ3v) is 4.23. The Morgan fingerprint density at radius 2 is 2.00 bits per heavy atom. The maximum atomic E-state index is 12.8. The third-order valence-electron chi connectivity index (χ3n) is 3.26. The number of benzene rings is 1. The summed E-state index contributed by atoms with van der Waals surface area (Å²) in [6.07, 6.45) is 0.891. The molecule has 0 spiro atoms. The van der Waals surface area contributed by atoms with Crippen molar-refractivity contribution >= 4 is 34.2 Å². The van der Waals surface area contributed by atoms with Crippen LogP contribution in [0.15, 0.2) is 24.3 Å². The molecule has 24 heavy (non-hydrogen) atoms. The fourth-order valence-electron chi connectivity index (χ4n) is 2.18. The second-order valence-corrected chi connectivity index (χ2v) is 6.41. The average Bonchev–Trinajstić information content (AvgIpc) is 2.53. The van der Waals surface area contributed by atoms with Gasteiger partial charge in [0.25, 0.3) is 6.43 Å². The molecule has 4 nitrogen and oxygen atoms in total. The maximum Gasteiger partial charge on any atom is 0.256 e. The van der Waals surface area contributed by atoms with Crippen molar-refractivity contribution in [3.8, 4) is 5.75 Å². The number of hydrogen-bond acceptors (Lipinski definition) is 3. The minimum absolute atomic E-state index is 0. The molecule has 0 saturated heterocycles. The quantitative estimate of drug-likeness (QED) is 0.238. The van der Waals surface area contributed by atoms with Gasteiger partial charge in [-0.2, -0.15) is 5.56 Å². The second kappa shape index (κ2) is 10.8. The van der Waals surface area contributed by atoms with Crippen LogP contribution in [0.2, 0.25) is 0 Å². The molecule has 0 aromatic heterocycles. The van der Waals surface area contributed by atoms with E-state index < -0.39 is 13.0 Å². The molecule has 1 amide bonds. The summed E-state index contributed by atoms with van der Waals surface area (Å²) in [6, 6.07) is 6.95.